The lowest BCUT2D eigenvalue weighted by atomic mass is 10.0. The first kappa shape index (κ1) is 15.6. The summed E-state index contributed by atoms with van der Waals surface area (Å²) < 4.78 is 0. The van der Waals surface area contributed by atoms with Crippen molar-refractivity contribution < 1.29 is 9.90 Å². The topological polar surface area (TPSA) is 75.4 Å². The van der Waals surface area contributed by atoms with Crippen LogP contribution in [0.1, 0.15) is 30.9 Å². The molecule has 110 valence electrons. The number of hydrogen-bond acceptors (Lipinski definition) is 3. The molecule has 1 aliphatic rings. The van der Waals surface area contributed by atoms with Gasteiger partial charge in [0.25, 0.3) is 0 Å². The molecule has 2 rings (SSSR count). The molecule has 0 unspecified atom stereocenters. The van der Waals surface area contributed by atoms with Gasteiger partial charge in [0, 0.05) is 28.2 Å². The van der Waals surface area contributed by atoms with Crippen molar-refractivity contribution in [3.8, 4) is 0 Å². The first-order valence-electron chi connectivity index (χ1n) is 6.66. The van der Waals surface area contributed by atoms with Crippen LogP contribution in [0.5, 0.6) is 0 Å². The van der Waals surface area contributed by atoms with Crippen LogP contribution in [0.3, 0.4) is 0 Å². The van der Waals surface area contributed by atoms with E-state index in [1.54, 1.807) is 18.2 Å². The normalized spacial score (nSPS) is 23.6. The maximum atomic E-state index is 12.0. The lowest BCUT2D eigenvalue weighted by molar-refractivity contribution is -0.125. The van der Waals surface area contributed by atoms with Crippen molar-refractivity contribution >= 4 is 29.1 Å². The van der Waals surface area contributed by atoms with Crippen LogP contribution in [-0.4, -0.2) is 23.6 Å². The highest BCUT2D eigenvalue weighted by molar-refractivity contribution is 6.36. The summed E-state index contributed by atoms with van der Waals surface area (Å²) in [7, 11) is 0. The number of nitrogens with two attached hydrogens (primary N) is 1. The van der Waals surface area contributed by atoms with Crippen LogP contribution in [0.15, 0.2) is 18.2 Å². The molecule has 1 amide bonds. The molecule has 1 fully saturated rings. The van der Waals surface area contributed by atoms with Gasteiger partial charge in [-0.25, -0.2) is 0 Å². The van der Waals surface area contributed by atoms with E-state index in [0.717, 1.165) is 19.3 Å². The third-order valence-corrected chi connectivity index (χ3v) is 4.37. The number of halogens is 2. The molecular weight excluding hydrogens is 299 g/mol. The zero-order valence-electron chi connectivity index (χ0n) is 11.0. The fraction of sp³-hybridized carbons (Fsp3) is 0.500. The zero-order chi connectivity index (χ0) is 14.7. The zero-order valence-corrected chi connectivity index (χ0v) is 12.5. The van der Waals surface area contributed by atoms with Gasteiger partial charge in [-0.15, -0.1) is 0 Å². The lowest BCUT2D eigenvalue weighted by Crippen LogP contribution is -2.40. The van der Waals surface area contributed by atoms with Crippen LogP contribution < -0.4 is 11.1 Å². The Balaban J connectivity index is 1.95. The Kier molecular flexibility index (Phi) is 5.27. The number of aliphatic hydroxyl groups excluding tert-OH is 1. The molecule has 1 aromatic rings. The fourth-order valence-electron chi connectivity index (χ4n) is 2.57. The summed E-state index contributed by atoms with van der Waals surface area (Å²) in [5.41, 5.74) is 6.32. The quantitative estimate of drug-likeness (QED) is 0.797. The van der Waals surface area contributed by atoms with E-state index in [0.29, 0.717) is 15.6 Å². The molecule has 0 heterocycles. The van der Waals surface area contributed by atoms with Crippen LogP contribution in [-0.2, 0) is 4.79 Å². The summed E-state index contributed by atoms with van der Waals surface area (Å²) in [6.07, 6.45) is 1.71. The van der Waals surface area contributed by atoms with E-state index >= 15 is 0 Å². The molecule has 1 aromatic carbocycles. The van der Waals surface area contributed by atoms with Gasteiger partial charge in [-0.2, -0.15) is 0 Å². The molecule has 6 heteroatoms. The number of amides is 1. The molecule has 0 spiro atoms. The minimum absolute atomic E-state index is 0.0749. The average molecular weight is 317 g/mol. The Bertz CT molecular complexity index is 476. The van der Waals surface area contributed by atoms with Crippen molar-refractivity contribution in [2.24, 2.45) is 11.7 Å². The van der Waals surface area contributed by atoms with Crippen molar-refractivity contribution in [3.63, 3.8) is 0 Å². The van der Waals surface area contributed by atoms with Crippen molar-refractivity contribution in [2.45, 2.75) is 31.4 Å². The van der Waals surface area contributed by atoms with E-state index < -0.39 is 6.10 Å². The monoisotopic (exact) mass is 316 g/mol. The summed E-state index contributed by atoms with van der Waals surface area (Å²) in [5, 5.41) is 13.6. The Morgan fingerprint density at radius 2 is 2.05 bits per heavy atom. The number of aliphatic hydroxyl groups is 1. The van der Waals surface area contributed by atoms with Crippen molar-refractivity contribution in [2.75, 3.05) is 6.54 Å². The molecule has 0 aliphatic heterocycles. The second-order valence-corrected chi connectivity index (χ2v) is 5.91. The molecule has 0 radical (unpaired) electrons. The number of carbonyl (C=O) groups excluding carboxylic acids is 1. The molecule has 1 aliphatic carbocycles. The lowest BCUT2D eigenvalue weighted by Gasteiger charge is -2.18. The van der Waals surface area contributed by atoms with Crippen LogP contribution >= 0.6 is 23.2 Å². The Labute approximate surface area is 128 Å². The molecule has 20 heavy (non-hydrogen) atoms. The van der Waals surface area contributed by atoms with E-state index in [1.807, 2.05) is 0 Å². The predicted molar refractivity (Wildman–Crippen MR) is 79.7 cm³/mol. The standard InChI is InChI=1S/C14H18Cl2N2O2/c15-9-4-2-5-10(16)13(9)12(19)7-18-14(20)8-3-1-6-11(8)17/h2,4-5,8,11-12,19H,1,3,6-7,17H2,(H,18,20)/t8-,11-,12-/m1/s1. The number of rotatable bonds is 4. The van der Waals surface area contributed by atoms with Crippen LogP contribution in [0.4, 0.5) is 0 Å². The molecule has 0 aromatic heterocycles. The van der Waals surface area contributed by atoms with Gasteiger partial charge < -0.3 is 16.2 Å². The van der Waals surface area contributed by atoms with Crippen LogP contribution in [0.25, 0.3) is 0 Å². The summed E-state index contributed by atoms with van der Waals surface area (Å²) in [5.74, 6) is -0.277. The van der Waals surface area contributed by atoms with Gasteiger partial charge in [-0.05, 0) is 25.0 Å². The number of hydrogen-bond donors (Lipinski definition) is 3. The van der Waals surface area contributed by atoms with Crippen molar-refractivity contribution in [1.82, 2.24) is 5.32 Å². The highest BCUT2D eigenvalue weighted by Crippen LogP contribution is 2.30. The first-order chi connectivity index (χ1) is 9.50. The van der Waals surface area contributed by atoms with E-state index in [-0.39, 0.29) is 24.4 Å². The van der Waals surface area contributed by atoms with E-state index in [9.17, 15) is 9.90 Å². The molecule has 3 atom stereocenters. The van der Waals surface area contributed by atoms with Gasteiger partial charge in [0.05, 0.1) is 12.0 Å². The highest BCUT2D eigenvalue weighted by atomic mass is 35.5. The van der Waals surface area contributed by atoms with Gasteiger partial charge in [0.2, 0.25) is 5.91 Å². The number of carbonyl (C=O) groups is 1. The number of nitrogens with one attached hydrogen (secondary N) is 1. The van der Waals surface area contributed by atoms with Gasteiger partial charge in [-0.3, -0.25) is 4.79 Å². The molecular formula is C14H18Cl2N2O2. The summed E-state index contributed by atoms with van der Waals surface area (Å²) >= 11 is 12.0. The summed E-state index contributed by atoms with van der Waals surface area (Å²) in [6.45, 7) is 0.0749. The Hall–Kier alpha value is -0.810. The maximum absolute atomic E-state index is 12.0. The van der Waals surface area contributed by atoms with Gasteiger partial charge in [0.1, 0.15) is 0 Å². The molecule has 1 saturated carbocycles. The van der Waals surface area contributed by atoms with E-state index in [4.69, 9.17) is 28.9 Å². The molecule has 4 N–H and O–H groups in total. The first-order valence-corrected chi connectivity index (χ1v) is 7.41. The summed E-state index contributed by atoms with van der Waals surface area (Å²) in [6, 6.07) is 4.93. The SMILES string of the molecule is N[C@@H]1CCC[C@H]1C(=O)NC[C@@H](O)c1c(Cl)cccc1Cl. The van der Waals surface area contributed by atoms with Gasteiger partial charge >= 0.3 is 0 Å². The second-order valence-electron chi connectivity index (χ2n) is 5.10. The smallest absolute Gasteiger partial charge is 0.224 e. The summed E-state index contributed by atoms with van der Waals surface area (Å²) in [4.78, 5) is 12.0. The fourth-order valence-corrected chi connectivity index (χ4v) is 3.22. The van der Waals surface area contributed by atoms with Gasteiger partial charge in [0.15, 0.2) is 0 Å². The third-order valence-electron chi connectivity index (χ3n) is 3.71. The largest absolute Gasteiger partial charge is 0.386 e. The van der Waals surface area contributed by atoms with Crippen LogP contribution in [0.2, 0.25) is 10.0 Å². The van der Waals surface area contributed by atoms with E-state index in [2.05, 4.69) is 5.32 Å². The number of benzene rings is 1. The van der Waals surface area contributed by atoms with E-state index in [1.165, 1.54) is 0 Å². The van der Waals surface area contributed by atoms with Gasteiger partial charge in [-0.1, -0.05) is 35.7 Å². The predicted octanol–water partition coefficient (Wildman–Crippen LogP) is 2.27. The minimum Gasteiger partial charge on any atom is -0.386 e. The minimum atomic E-state index is -0.933. The second kappa shape index (κ2) is 6.76. The third kappa shape index (κ3) is 3.44. The highest BCUT2D eigenvalue weighted by Gasteiger charge is 2.30. The Morgan fingerprint density at radius 1 is 1.40 bits per heavy atom. The van der Waals surface area contributed by atoms with Crippen molar-refractivity contribution in [1.29, 1.82) is 0 Å². The van der Waals surface area contributed by atoms with Crippen LogP contribution in [0, 0.1) is 5.92 Å². The van der Waals surface area contributed by atoms with Crippen molar-refractivity contribution in [3.05, 3.63) is 33.8 Å². The molecule has 4 nitrogen and oxygen atoms in total. The average Bonchev–Trinajstić information content (AvgIpc) is 2.82. The molecule has 0 bridgehead atoms. The molecule has 0 saturated heterocycles. The Morgan fingerprint density at radius 3 is 2.60 bits per heavy atom. The maximum Gasteiger partial charge on any atom is 0.224 e.